The summed E-state index contributed by atoms with van der Waals surface area (Å²) in [6.45, 7) is 6.19. The molecular weight excluding hydrogens is 369 g/mol. The van der Waals surface area contributed by atoms with Gasteiger partial charge >= 0.3 is 0 Å². The first-order valence-corrected chi connectivity index (χ1v) is 8.49. The van der Waals surface area contributed by atoms with Gasteiger partial charge in [0.25, 0.3) is 0 Å². The van der Waals surface area contributed by atoms with Crippen LogP contribution in [0.3, 0.4) is 0 Å². The highest BCUT2D eigenvalue weighted by atomic mass is 19.2. The summed E-state index contributed by atoms with van der Waals surface area (Å²) >= 11 is 0. The van der Waals surface area contributed by atoms with Crippen molar-refractivity contribution in [2.45, 2.75) is 47.1 Å². The summed E-state index contributed by atoms with van der Waals surface area (Å²) < 4.78 is 68.8. The molecule has 2 rings (SSSR count). The van der Waals surface area contributed by atoms with E-state index >= 15 is 0 Å². The van der Waals surface area contributed by atoms with Gasteiger partial charge in [-0.1, -0.05) is 13.8 Å². The van der Waals surface area contributed by atoms with E-state index in [0.717, 1.165) is 4.68 Å². The van der Waals surface area contributed by atoms with Crippen molar-refractivity contribution in [3.05, 3.63) is 46.0 Å². The number of benzene rings is 1. The Balaban J connectivity index is 2.40. The monoisotopic (exact) mass is 389 g/mol. The van der Waals surface area contributed by atoms with Gasteiger partial charge in [-0.05, 0) is 26.7 Å². The summed E-state index contributed by atoms with van der Waals surface area (Å²) in [5, 5.41) is 6.79. The minimum absolute atomic E-state index is 0.206. The Labute approximate surface area is 153 Å². The molecule has 0 aliphatic rings. The number of nitrogens with zero attached hydrogens (tertiary/aromatic N) is 2. The average Bonchev–Trinajstić information content (AvgIpc) is 2.90. The number of carbonyl (C=O) groups is 1. The zero-order valence-electron chi connectivity index (χ0n) is 15.4. The van der Waals surface area contributed by atoms with Crippen molar-refractivity contribution in [3.8, 4) is 0 Å². The van der Waals surface area contributed by atoms with Crippen molar-refractivity contribution < 1.29 is 26.7 Å². The fourth-order valence-electron chi connectivity index (χ4n) is 2.86. The maximum absolute atomic E-state index is 13.9. The number of halogens is 5. The molecule has 4 nitrogen and oxygen atoms in total. The highest BCUT2D eigenvalue weighted by Crippen LogP contribution is 2.26. The predicted octanol–water partition coefficient (Wildman–Crippen LogP) is 4.62. The van der Waals surface area contributed by atoms with Gasteiger partial charge in [0.1, 0.15) is 0 Å². The number of aromatic nitrogens is 2. The Kier molecular flexibility index (Phi) is 6.22. The molecule has 27 heavy (non-hydrogen) atoms. The van der Waals surface area contributed by atoms with Crippen LogP contribution in [0.1, 0.15) is 43.6 Å². The summed E-state index contributed by atoms with van der Waals surface area (Å²) in [6.07, 6.45) is 1.28. The van der Waals surface area contributed by atoms with E-state index in [1.807, 2.05) is 13.8 Å². The first-order chi connectivity index (χ1) is 12.6. The summed E-state index contributed by atoms with van der Waals surface area (Å²) in [6, 6.07) is 0. The van der Waals surface area contributed by atoms with Crippen molar-refractivity contribution >= 4 is 11.6 Å². The van der Waals surface area contributed by atoms with Gasteiger partial charge in [0.15, 0.2) is 23.3 Å². The molecule has 0 bridgehead atoms. The van der Waals surface area contributed by atoms with Crippen LogP contribution in [0.25, 0.3) is 0 Å². The SMILES string of the molecule is CCC(CC)C(=O)Nc1c(C)nn(Cc2c(F)c(F)c(F)c(F)c2F)c1C. The molecule has 1 aromatic carbocycles. The van der Waals surface area contributed by atoms with Crippen LogP contribution in [0.2, 0.25) is 0 Å². The lowest BCUT2D eigenvalue weighted by Crippen LogP contribution is -2.22. The van der Waals surface area contributed by atoms with Gasteiger partial charge in [-0.2, -0.15) is 5.10 Å². The Morgan fingerprint density at radius 2 is 1.44 bits per heavy atom. The molecular formula is C18H20F5N3O. The summed E-state index contributed by atoms with van der Waals surface area (Å²) in [5.41, 5.74) is 0.0806. The van der Waals surface area contributed by atoms with Crippen LogP contribution in [-0.4, -0.2) is 15.7 Å². The third-order valence-electron chi connectivity index (χ3n) is 4.59. The lowest BCUT2D eigenvalue weighted by molar-refractivity contribution is -0.120. The second-order valence-corrected chi connectivity index (χ2v) is 6.25. The van der Waals surface area contributed by atoms with E-state index in [1.54, 1.807) is 6.92 Å². The minimum Gasteiger partial charge on any atom is -0.323 e. The number of nitrogens with one attached hydrogen (secondary N) is 1. The molecule has 1 aromatic heterocycles. The molecule has 148 valence electrons. The molecule has 1 heterocycles. The molecule has 0 saturated heterocycles. The first kappa shape index (κ1) is 20.9. The molecule has 0 radical (unpaired) electrons. The van der Waals surface area contributed by atoms with E-state index in [0.29, 0.717) is 29.9 Å². The number of rotatable bonds is 6. The fourth-order valence-corrected chi connectivity index (χ4v) is 2.86. The van der Waals surface area contributed by atoms with Gasteiger partial charge < -0.3 is 5.32 Å². The highest BCUT2D eigenvalue weighted by Gasteiger charge is 2.27. The van der Waals surface area contributed by atoms with Crippen LogP contribution in [0.15, 0.2) is 0 Å². The van der Waals surface area contributed by atoms with E-state index in [2.05, 4.69) is 10.4 Å². The van der Waals surface area contributed by atoms with Crippen LogP contribution >= 0.6 is 0 Å². The Bertz CT molecular complexity index is 846. The molecule has 0 fully saturated rings. The molecule has 0 atom stereocenters. The molecule has 1 N–H and O–H groups in total. The number of amides is 1. The summed E-state index contributed by atoms with van der Waals surface area (Å²) in [5.74, 6) is -10.5. The molecule has 9 heteroatoms. The lowest BCUT2D eigenvalue weighted by Gasteiger charge is -2.13. The zero-order valence-corrected chi connectivity index (χ0v) is 15.4. The van der Waals surface area contributed by atoms with Gasteiger partial charge in [0.05, 0.1) is 29.2 Å². The van der Waals surface area contributed by atoms with Crippen LogP contribution in [-0.2, 0) is 11.3 Å². The molecule has 2 aromatic rings. The molecule has 0 saturated carbocycles. The molecule has 0 spiro atoms. The average molecular weight is 389 g/mol. The lowest BCUT2D eigenvalue weighted by atomic mass is 10.0. The van der Waals surface area contributed by atoms with E-state index in [9.17, 15) is 26.7 Å². The quantitative estimate of drug-likeness (QED) is 0.445. The van der Waals surface area contributed by atoms with Gasteiger partial charge in [0.2, 0.25) is 11.7 Å². The van der Waals surface area contributed by atoms with Gasteiger partial charge in [-0.3, -0.25) is 9.48 Å². The van der Waals surface area contributed by atoms with E-state index in [-0.39, 0.29) is 11.8 Å². The second kappa shape index (κ2) is 8.06. The highest BCUT2D eigenvalue weighted by molar-refractivity contribution is 5.93. The zero-order chi connectivity index (χ0) is 20.5. The number of carbonyl (C=O) groups excluding carboxylic acids is 1. The van der Waals surface area contributed by atoms with Gasteiger partial charge in [-0.25, -0.2) is 22.0 Å². The third kappa shape index (κ3) is 3.81. The molecule has 0 aliphatic carbocycles. The number of aryl methyl sites for hydroxylation is 1. The summed E-state index contributed by atoms with van der Waals surface area (Å²) in [4.78, 5) is 12.3. The third-order valence-corrected chi connectivity index (χ3v) is 4.59. The predicted molar refractivity (Wildman–Crippen MR) is 89.7 cm³/mol. The molecule has 0 unspecified atom stereocenters. The smallest absolute Gasteiger partial charge is 0.227 e. The van der Waals surface area contributed by atoms with Crippen LogP contribution in [0.5, 0.6) is 0 Å². The maximum atomic E-state index is 13.9. The fraction of sp³-hybridized carbons (Fsp3) is 0.444. The van der Waals surface area contributed by atoms with Crippen molar-refractivity contribution in [3.63, 3.8) is 0 Å². The van der Waals surface area contributed by atoms with Gasteiger partial charge in [0, 0.05) is 5.92 Å². The summed E-state index contributed by atoms with van der Waals surface area (Å²) in [7, 11) is 0. The largest absolute Gasteiger partial charge is 0.323 e. The number of hydrogen-bond acceptors (Lipinski definition) is 2. The van der Waals surface area contributed by atoms with Gasteiger partial charge in [-0.15, -0.1) is 0 Å². The first-order valence-electron chi connectivity index (χ1n) is 8.49. The van der Waals surface area contributed by atoms with Crippen molar-refractivity contribution in [2.24, 2.45) is 5.92 Å². The molecule has 0 aliphatic heterocycles. The Morgan fingerprint density at radius 1 is 0.963 bits per heavy atom. The van der Waals surface area contributed by atoms with Crippen molar-refractivity contribution in [2.75, 3.05) is 5.32 Å². The molecule has 1 amide bonds. The minimum atomic E-state index is -2.21. The van der Waals surface area contributed by atoms with E-state index in [4.69, 9.17) is 0 Å². The number of anilines is 1. The number of hydrogen-bond donors (Lipinski definition) is 1. The van der Waals surface area contributed by atoms with Crippen LogP contribution in [0, 0.1) is 48.9 Å². The van der Waals surface area contributed by atoms with E-state index < -0.39 is 41.2 Å². The standard InChI is InChI=1S/C18H20F5N3O/c1-5-10(6-2)18(27)24-17-8(3)25-26(9(17)4)7-11-12(19)14(21)16(23)15(22)13(11)20/h10H,5-7H2,1-4H3,(H,24,27). The maximum Gasteiger partial charge on any atom is 0.227 e. The topological polar surface area (TPSA) is 46.9 Å². The Morgan fingerprint density at radius 3 is 1.93 bits per heavy atom. The normalized spacial score (nSPS) is 11.3. The van der Waals surface area contributed by atoms with Crippen molar-refractivity contribution in [1.82, 2.24) is 9.78 Å². The second-order valence-electron chi connectivity index (χ2n) is 6.25. The van der Waals surface area contributed by atoms with E-state index in [1.165, 1.54) is 6.92 Å². The Hall–Kier alpha value is -2.45. The van der Waals surface area contributed by atoms with Crippen LogP contribution < -0.4 is 5.32 Å². The van der Waals surface area contributed by atoms with Crippen molar-refractivity contribution in [1.29, 1.82) is 0 Å². The van der Waals surface area contributed by atoms with Crippen LogP contribution in [0.4, 0.5) is 27.6 Å².